The molecule has 0 heterocycles. The Kier molecular flexibility index (Phi) is 10.4. The van der Waals surface area contributed by atoms with Crippen molar-refractivity contribution in [2.45, 2.75) is 70.8 Å². The number of nitrogens with two attached hydrogens (primary N) is 1. The number of unbranched alkanes of at least 4 members (excludes halogenated alkanes) is 6. The summed E-state index contributed by atoms with van der Waals surface area (Å²) in [6.07, 6.45) is 11.3. The second kappa shape index (κ2) is 11.5. The number of benzene rings is 1. The van der Waals surface area contributed by atoms with Crippen LogP contribution in [0.25, 0.3) is 0 Å². The molecule has 0 fully saturated rings. The Morgan fingerprint density at radius 1 is 1.14 bits per heavy atom. The molecule has 0 spiro atoms. The second-order valence-corrected chi connectivity index (χ2v) is 7.04. The third kappa shape index (κ3) is 8.20. The van der Waals surface area contributed by atoms with Gasteiger partial charge in [-0.2, -0.15) is 0 Å². The molecule has 1 rings (SSSR count). The van der Waals surface area contributed by atoms with Gasteiger partial charge in [0, 0.05) is 15.5 Å². The minimum absolute atomic E-state index is 0.305. The molecule has 21 heavy (non-hydrogen) atoms. The molecule has 1 aromatic rings. The molecule has 0 bridgehead atoms. The Balaban J connectivity index is 2.25. The minimum Gasteiger partial charge on any atom is -0.271 e. The van der Waals surface area contributed by atoms with Gasteiger partial charge in [-0.1, -0.05) is 85.5 Å². The number of hydrazine groups is 1. The summed E-state index contributed by atoms with van der Waals surface area (Å²) < 4.78 is 1.01. The van der Waals surface area contributed by atoms with E-state index in [4.69, 9.17) is 17.4 Å². The van der Waals surface area contributed by atoms with E-state index in [0.29, 0.717) is 6.04 Å². The van der Waals surface area contributed by atoms with Crippen molar-refractivity contribution in [3.63, 3.8) is 0 Å². The SMILES string of the molecule is CCCCCCCCCC(Cc1ccc(Br)cc1Cl)NN. The van der Waals surface area contributed by atoms with Crippen LogP contribution in [0.2, 0.25) is 5.02 Å². The highest BCUT2D eigenvalue weighted by molar-refractivity contribution is 9.10. The van der Waals surface area contributed by atoms with Crippen molar-refractivity contribution in [1.29, 1.82) is 0 Å². The summed E-state index contributed by atoms with van der Waals surface area (Å²) in [6, 6.07) is 6.35. The molecular formula is C17H28BrClN2. The predicted octanol–water partition coefficient (Wildman–Crippen LogP) is 5.62. The number of hydrogen-bond donors (Lipinski definition) is 2. The predicted molar refractivity (Wildman–Crippen MR) is 96.6 cm³/mol. The summed E-state index contributed by atoms with van der Waals surface area (Å²) in [4.78, 5) is 0. The first-order valence-corrected chi connectivity index (χ1v) is 9.24. The largest absolute Gasteiger partial charge is 0.271 e. The van der Waals surface area contributed by atoms with Crippen molar-refractivity contribution in [1.82, 2.24) is 5.43 Å². The zero-order chi connectivity index (χ0) is 15.5. The van der Waals surface area contributed by atoms with Gasteiger partial charge in [0.15, 0.2) is 0 Å². The van der Waals surface area contributed by atoms with Crippen LogP contribution < -0.4 is 11.3 Å². The lowest BCUT2D eigenvalue weighted by molar-refractivity contribution is 0.458. The fourth-order valence-corrected chi connectivity index (χ4v) is 3.30. The minimum atomic E-state index is 0.305. The number of halogens is 2. The van der Waals surface area contributed by atoms with E-state index in [1.807, 2.05) is 12.1 Å². The summed E-state index contributed by atoms with van der Waals surface area (Å²) in [5, 5.41) is 0.809. The Labute approximate surface area is 142 Å². The molecule has 0 aliphatic rings. The van der Waals surface area contributed by atoms with Crippen LogP contribution in [-0.2, 0) is 6.42 Å². The van der Waals surface area contributed by atoms with E-state index in [1.54, 1.807) is 0 Å². The Morgan fingerprint density at radius 3 is 2.43 bits per heavy atom. The Hall–Kier alpha value is -0.0900. The second-order valence-electron chi connectivity index (χ2n) is 5.71. The van der Waals surface area contributed by atoms with Crippen molar-refractivity contribution in [3.8, 4) is 0 Å². The van der Waals surface area contributed by atoms with E-state index >= 15 is 0 Å². The zero-order valence-corrected chi connectivity index (χ0v) is 15.3. The first kappa shape index (κ1) is 19.0. The van der Waals surface area contributed by atoms with Crippen molar-refractivity contribution in [2.24, 2.45) is 5.84 Å². The molecule has 1 aromatic carbocycles. The lowest BCUT2D eigenvalue weighted by Crippen LogP contribution is -2.36. The molecule has 0 radical (unpaired) electrons. The molecule has 3 N–H and O–H groups in total. The van der Waals surface area contributed by atoms with Gasteiger partial charge < -0.3 is 0 Å². The van der Waals surface area contributed by atoms with Crippen molar-refractivity contribution in [2.75, 3.05) is 0 Å². The third-order valence-electron chi connectivity index (χ3n) is 3.87. The molecular weight excluding hydrogens is 348 g/mol. The summed E-state index contributed by atoms with van der Waals surface area (Å²) in [7, 11) is 0. The Morgan fingerprint density at radius 2 is 1.81 bits per heavy atom. The molecule has 0 aromatic heterocycles. The van der Waals surface area contributed by atoms with Crippen LogP contribution in [0.1, 0.15) is 63.9 Å². The fraction of sp³-hybridized carbons (Fsp3) is 0.647. The van der Waals surface area contributed by atoms with Gasteiger partial charge >= 0.3 is 0 Å². The topological polar surface area (TPSA) is 38.0 Å². The standard InChI is InChI=1S/C17H28BrClN2/c1-2-3-4-5-6-7-8-9-16(21-20)12-14-10-11-15(18)13-17(14)19/h10-11,13,16,21H,2-9,12,20H2,1H3. The lowest BCUT2D eigenvalue weighted by Gasteiger charge is -2.16. The van der Waals surface area contributed by atoms with E-state index in [-0.39, 0.29) is 0 Å². The fourth-order valence-electron chi connectivity index (χ4n) is 2.54. The maximum Gasteiger partial charge on any atom is 0.0449 e. The molecule has 1 unspecified atom stereocenters. The summed E-state index contributed by atoms with van der Waals surface area (Å²) in [6.45, 7) is 2.25. The van der Waals surface area contributed by atoms with Crippen LogP contribution in [0.3, 0.4) is 0 Å². The van der Waals surface area contributed by atoms with Gasteiger partial charge in [0.2, 0.25) is 0 Å². The van der Waals surface area contributed by atoms with Crippen LogP contribution in [0.4, 0.5) is 0 Å². The van der Waals surface area contributed by atoms with Crippen LogP contribution in [0.5, 0.6) is 0 Å². The van der Waals surface area contributed by atoms with Crippen LogP contribution in [0, 0.1) is 0 Å². The van der Waals surface area contributed by atoms with Gasteiger partial charge in [-0.15, -0.1) is 0 Å². The van der Waals surface area contributed by atoms with Crippen molar-refractivity contribution >= 4 is 27.5 Å². The third-order valence-corrected chi connectivity index (χ3v) is 4.72. The zero-order valence-electron chi connectivity index (χ0n) is 13.0. The molecule has 0 amide bonds. The van der Waals surface area contributed by atoms with Crippen molar-refractivity contribution in [3.05, 3.63) is 33.3 Å². The van der Waals surface area contributed by atoms with Gasteiger partial charge in [0.25, 0.3) is 0 Å². The van der Waals surface area contributed by atoms with E-state index in [0.717, 1.165) is 27.9 Å². The first-order valence-electron chi connectivity index (χ1n) is 8.07. The van der Waals surface area contributed by atoms with E-state index in [2.05, 4.69) is 34.3 Å². The molecule has 120 valence electrons. The highest BCUT2D eigenvalue weighted by Crippen LogP contribution is 2.23. The number of rotatable bonds is 11. The molecule has 0 saturated heterocycles. The highest BCUT2D eigenvalue weighted by atomic mass is 79.9. The quantitative estimate of drug-likeness (QED) is 0.299. The first-order chi connectivity index (χ1) is 10.2. The summed E-state index contributed by atoms with van der Waals surface area (Å²) in [5.41, 5.74) is 4.09. The monoisotopic (exact) mass is 374 g/mol. The molecule has 2 nitrogen and oxygen atoms in total. The Bertz CT molecular complexity index is 398. The van der Waals surface area contributed by atoms with Gasteiger partial charge in [-0.3, -0.25) is 11.3 Å². The smallest absolute Gasteiger partial charge is 0.0449 e. The molecule has 0 aliphatic heterocycles. The van der Waals surface area contributed by atoms with E-state index < -0.39 is 0 Å². The molecule has 1 atom stereocenters. The van der Waals surface area contributed by atoms with Crippen LogP contribution in [-0.4, -0.2) is 6.04 Å². The van der Waals surface area contributed by atoms with Crippen LogP contribution >= 0.6 is 27.5 Å². The van der Waals surface area contributed by atoms with E-state index in [1.165, 1.54) is 44.9 Å². The number of nitrogens with one attached hydrogen (secondary N) is 1. The van der Waals surface area contributed by atoms with Gasteiger partial charge in [-0.25, -0.2) is 0 Å². The molecule has 0 saturated carbocycles. The summed E-state index contributed by atoms with van der Waals surface area (Å²) in [5.74, 6) is 5.68. The molecule has 0 aliphatic carbocycles. The highest BCUT2D eigenvalue weighted by Gasteiger charge is 2.10. The summed E-state index contributed by atoms with van der Waals surface area (Å²) >= 11 is 9.70. The van der Waals surface area contributed by atoms with Crippen molar-refractivity contribution < 1.29 is 0 Å². The number of hydrogen-bond acceptors (Lipinski definition) is 2. The van der Waals surface area contributed by atoms with E-state index in [9.17, 15) is 0 Å². The lowest BCUT2D eigenvalue weighted by atomic mass is 10.00. The van der Waals surface area contributed by atoms with Crippen LogP contribution in [0.15, 0.2) is 22.7 Å². The molecule has 4 heteroatoms. The average Bonchev–Trinajstić information content (AvgIpc) is 2.47. The van der Waals surface area contributed by atoms with Gasteiger partial charge in [-0.05, 0) is 30.5 Å². The normalized spacial score (nSPS) is 12.6. The van der Waals surface area contributed by atoms with Gasteiger partial charge in [0.1, 0.15) is 0 Å². The maximum atomic E-state index is 6.26. The van der Waals surface area contributed by atoms with Gasteiger partial charge in [0.05, 0.1) is 0 Å². The maximum absolute atomic E-state index is 6.26. The average molecular weight is 376 g/mol.